The van der Waals surface area contributed by atoms with Gasteiger partial charge in [0.2, 0.25) is 0 Å². The number of rotatable bonds is 3. The molecule has 0 saturated carbocycles. The number of nitrogens with one attached hydrogen (secondary N) is 1. The van der Waals surface area contributed by atoms with E-state index in [0.29, 0.717) is 25.1 Å². The fraction of sp³-hybridized carbons (Fsp3) is 0.417. The molecule has 1 fully saturated rings. The van der Waals surface area contributed by atoms with Crippen LogP contribution in [0.25, 0.3) is 0 Å². The van der Waals surface area contributed by atoms with E-state index in [4.69, 9.17) is 5.11 Å². The zero-order valence-electron chi connectivity index (χ0n) is 8.82. The topological polar surface area (TPSA) is 49.3 Å². The molecule has 0 bridgehead atoms. The Morgan fingerprint density at radius 3 is 2.88 bits per heavy atom. The smallest absolute Gasteiger partial charge is 0.308 e. The minimum Gasteiger partial charge on any atom is -0.481 e. The second-order valence-electron chi connectivity index (χ2n) is 4.16. The van der Waals surface area contributed by atoms with E-state index in [1.165, 1.54) is 6.07 Å². The molecule has 3 nitrogen and oxygen atoms in total. The molecule has 1 aliphatic heterocycles. The lowest BCUT2D eigenvalue weighted by atomic mass is 9.89. The number of halogens is 1. The van der Waals surface area contributed by atoms with Crippen LogP contribution in [0.15, 0.2) is 24.3 Å². The molecule has 0 radical (unpaired) electrons. The SMILES string of the molecule is O=C(O)C1CNCC1Cc1ccccc1F. The van der Waals surface area contributed by atoms with Crippen molar-refractivity contribution in [2.24, 2.45) is 11.8 Å². The molecule has 1 aliphatic rings. The Bertz CT molecular complexity index is 394. The molecule has 0 amide bonds. The molecule has 86 valence electrons. The van der Waals surface area contributed by atoms with Crippen LogP contribution in [0.2, 0.25) is 0 Å². The summed E-state index contributed by atoms with van der Waals surface area (Å²) in [5, 5.41) is 12.0. The number of hydrogen-bond donors (Lipinski definition) is 2. The highest BCUT2D eigenvalue weighted by molar-refractivity contribution is 5.71. The highest BCUT2D eigenvalue weighted by Gasteiger charge is 2.32. The average Bonchev–Trinajstić information content (AvgIpc) is 2.69. The van der Waals surface area contributed by atoms with Crippen LogP contribution in [0.4, 0.5) is 4.39 Å². The second-order valence-corrected chi connectivity index (χ2v) is 4.16. The van der Waals surface area contributed by atoms with E-state index >= 15 is 0 Å². The Kier molecular flexibility index (Phi) is 3.19. The third-order valence-corrected chi connectivity index (χ3v) is 3.10. The van der Waals surface area contributed by atoms with Gasteiger partial charge in [0.25, 0.3) is 0 Å². The van der Waals surface area contributed by atoms with Gasteiger partial charge in [-0.25, -0.2) is 4.39 Å². The zero-order chi connectivity index (χ0) is 11.5. The van der Waals surface area contributed by atoms with E-state index in [9.17, 15) is 9.18 Å². The molecule has 1 aromatic rings. The van der Waals surface area contributed by atoms with Gasteiger partial charge in [-0.3, -0.25) is 4.79 Å². The molecule has 1 heterocycles. The fourth-order valence-electron chi connectivity index (χ4n) is 2.18. The maximum atomic E-state index is 13.4. The Labute approximate surface area is 93.3 Å². The predicted octanol–water partition coefficient (Wildman–Crippen LogP) is 1.29. The number of hydrogen-bond acceptors (Lipinski definition) is 2. The van der Waals surface area contributed by atoms with Crippen molar-refractivity contribution >= 4 is 5.97 Å². The van der Waals surface area contributed by atoms with Gasteiger partial charge in [-0.2, -0.15) is 0 Å². The zero-order valence-corrected chi connectivity index (χ0v) is 8.82. The third-order valence-electron chi connectivity index (χ3n) is 3.10. The quantitative estimate of drug-likeness (QED) is 0.811. The first kappa shape index (κ1) is 11.1. The van der Waals surface area contributed by atoms with E-state index in [0.717, 1.165) is 0 Å². The maximum Gasteiger partial charge on any atom is 0.308 e. The first-order valence-corrected chi connectivity index (χ1v) is 5.35. The first-order chi connectivity index (χ1) is 7.68. The summed E-state index contributed by atoms with van der Waals surface area (Å²) in [4.78, 5) is 11.0. The summed E-state index contributed by atoms with van der Waals surface area (Å²) >= 11 is 0. The monoisotopic (exact) mass is 223 g/mol. The summed E-state index contributed by atoms with van der Waals surface area (Å²) in [6.07, 6.45) is 0.483. The van der Waals surface area contributed by atoms with Crippen molar-refractivity contribution in [3.63, 3.8) is 0 Å². The van der Waals surface area contributed by atoms with Gasteiger partial charge in [-0.1, -0.05) is 18.2 Å². The molecule has 0 aliphatic carbocycles. The minimum absolute atomic E-state index is 0.0191. The summed E-state index contributed by atoms with van der Waals surface area (Å²) in [5.41, 5.74) is 0.599. The van der Waals surface area contributed by atoms with E-state index in [-0.39, 0.29) is 11.7 Å². The number of aliphatic carboxylic acids is 1. The van der Waals surface area contributed by atoms with Crippen LogP contribution in [0.3, 0.4) is 0 Å². The van der Waals surface area contributed by atoms with Crippen LogP contribution in [0.1, 0.15) is 5.56 Å². The molecule has 1 saturated heterocycles. The summed E-state index contributed by atoms with van der Waals surface area (Å²) < 4.78 is 13.4. The standard InChI is InChI=1S/C12H14FNO2/c13-11-4-2-1-3-8(11)5-9-6-14-7-10(9)12(15)16/h1-4,9-10,14H,5-7H2,(H,15,16). The van der Waals surface area contributed by atoms with Crippen LogP contribution in [-0.4, -0.2) is 24.2 Å². The summed E-state index contributed by atoms with van der Waals surface area (Å²) in [6.45, 7) is 1.12. The van der Waals surface area contributed by atoms with Crippen LogP contribution < -0.4 is 5.32 Å². The van der Waals surface area contributed by atoms with E-state index in [1.54, 1.807) is 18.2 Å². The Morgan fingerprint density at radius 2 is 2.19 bits per heavy atom. The molecule has 0 spiro atoms. The van der Waals surface area contributed by atoms with Gasteiger partial charge in [-0.05, 0) is 30.5 Å². The van der Waals surface area contributed by atoms with Gasteiger partial charge < -0.3 is 10.4 Å². The highest BCUT2D eigenvalue weighted by Crippen LogP contribution is 2.22. The van der Waals surface area contributed by atoms with E-state index in [1.807, 2.05) is 0 Å². The maximum absolute atomic E-state index is 13.4. The van der Waals surface area contributed by atoms with Crippen molar-refractivity contribution < 1.29 is 14.3 Å². The van der Waals surface area contributed by atoms with Gasteiger partial charge in [0.1, 0.15) is 5.82 Å². The Balaban J connectivity index is 2.10. The van der Waals surface area contributed by atoms with Crippen molar-refractivity contribution in [2.75, 3.05) is 13.1 Å². The normalized spacial score (nSPS) is 24.6. The van der Waals surface area contributed by atoms with Crippen molar-refractivity contribution in [1.82, 2.24) is 5.32 Å². The van der Waals surface area contributed by atoms with Crippen LogP contribution >= 0.6 is 0 Å². The van der Waals surface area contributed by atoms with Crippen molar-refractivity contribution in [1.29, 1.82) is 0 Å². The Morgan fingerprint density at radius 1 is 1.44 bits per heavy atom. The van der Waals surface area contributed by atoms with Gasteiger partial charge in [-0.15, -0.1) is 0 Å². The molecule has 2 unspecified atom stereocenters. The van der Waals surface area contributed by atoms with Crippen molar-refractivity contribution in [2.45, 2.75) is 6.42 Å². The average molecular weight is 223 g/mol. The number of carbonyl (C=O) groups is 1. The first-order valence-electron chi connectivity index (χ1n) is 5.35. The van der Waals surface area contributed by atoms with Crippen LogP contribution in [0, 0.1) is 17.7 Å². The summed E-state index contributed by atoms with van der Waals surface area (Å²) in [6, 6.07) is 6.54. The lowest BCUT2D eigenvalue weighted by Crippen LogP contribution is -2.23. The number of carboxylic acids is 1. The summed E-state index contributed by atoms with van der Waals surface area (Å²) in [5.74, 6) is -1.47. The molecule has 2 rings (SSSR count). The van der Waals surface area contributed by atoms with Gasteiger partial charge in [0.15, 0.2) is 0 Å². The number of carboxylic acid groups (broad SMARTS) is 1. The molecular weight excluding hydrogens is 209 g/mol. The van der Waals surface area contributed by atoms with E-state index < -0.39 is 11.9 Å². The summed E-state index contributed by atoms with van der Waals surface area (Å²) in [7, 11) is 0. The largest absolute Gasteiger partial charge is 0.481 e. The molecule has 0 aromatic heterocycles. The fourth-order valence-corrected chi connectivity index (χ4v) is 2.18. The molecule has 2 N–H and O–H groups in total. The molecule has 1 aromatic carbocycles. The van der Waals surface area contributed by atoms with Gasteiger partial charge >= 0.3 is 5.97 Å². The number of benzene rings is 1. The van der Waals surface area contributed by atoms with Crippen LogP contribution in [-0.2, 0) is 11.2 Å². The van der Waals surface area contributed by atoms with Crippen LogP contribution in [0.5, 0.6) is 0 Å². The highest BCUT2D eigenvalue weighted by atomic mass is 19.1. The van der Waals surface area contributed by atoms with Gasteiger partial charge in [0, 0.05) is 6.54 Å². The van der Waals surface area contributed by atoms with Gasteiger partial charge in [0.05, 0.1) is 5.92 Å². The lowest BCUT2D eigenvalue weighted by molar-refractivity contribution is -0.142. The molecular formula is C12H14FNO2. The van der Waals surface area contributed by atoms with E-state index in [2.05, 4.69) is 5.32 Å². The Hall–Kier alpha value is -1.42. The van der Waals surface area contributed by atoms with Crippen molar-refractivity contribution in [3.05, 3.63) is 35.6 Å². The molecule has 16 heavy (non-hydrogen) atoms. The lowest BCUT2D eigenvalue weighted by Gasteiger charge is -2.14. The second kappa shape index (κ2) is 4.61. The predicted molar refractivity (Wildman–Crippen MR) is 57.6 cm³/mol. The van der Waals surface area contributed by atoms with Crippen molar-refractivity contribution in [3.8, 4) is 0 Å². The minimum atomic E-state index is -0.800. The molecule has 4 heteroatoms. The molecule has 2 atom stereocenters. The third kappa shape index (κ3) is 2.22.